The largest absolute Gasteiger partial charge is 0.369 e. The molecule has 1 amide bonds. The summed E-state index contributed by atoms with van der Waals surface area (Å²) in [7, 11) is 0. The van der Waals surface area contributed by atoms with Gasteiger partial charge >= 0.3 is 0 Å². The number of amides is 1. The van der Waals surface area contributed by atoms with Gasteiger partial charge < -0.3 is 16.0 Å². The summed E-state index contributed by atoms with van der Waals surface area (Å²) in [5, 5.41) is 4.24. The van der Waals surface area contributed by atoms with Crippen LogP contribution >= 0.6 is 0 Å². The number of nitrogens with zero attached hydrogens (tertiary/aromatic N) is 3. The van der Waals surface area contributed by atoms with Crippen LogP contribution in [0.3, 0.4) is 0 Å². The number of hydrogen-bond acceptors (Lipinski definition) is 5. The van der Waals surface area contributed by atoms with Crippen LogP contribution in [-0.2, 0) is 12.8 Å². The predicted octanol–water partition coefficient (Wildman–Crippen LogP) is 4.00. The van der Waals surface area contributed by atoms with Gasteiger partial charge in [0, 0.05) is 42.5 Å². The van der Waals surface area contributed by atoms with Crippen LogP contribution in [0.25, 0.3) is 22.0 Å². The average Bonchev–Trinajstić information content (AvgIpc) is 3.59. The first-order valence-electron chi connectivity index (χ1n) is 12.4. The molecular formula is C27H31N5O. The molecule has 2 fully saturated rings. The Morgan fingerprint density at radius 1 is 1.03 bits per heavy atom. The smallest absolute Gasteiger partial charge is 0.270 e. The second-order valence-corrected chi connectivity index (χ2v) is 9.85. The number of fused-ring (bicyclic) bond motifs is 2. The van der Waals surface area contributed by atoms with Crippen molar-refractivity contribution >= 4 is 22.5 Å². The number of carbonyl (C=O) groups excluding carboxylic acids is 1. The van der Waals surface area contributed by atoms with Crippen LogP contribution in [-0.4, -0.2) is 41.0 Å². The van der Waals surface area contributed by atoms with Crippen LogP contribution in [0.4, 0.5) is 5.69 Å². The van der Waals surface area contributed by atoms with E-state index in [1.165, 1.54) is 41.6 Å². The molecule has 2 aliphatic carbocycles. The summed E-state index contributed by atoms with van der Waals surface area (Å²) in [6.07, 6.45) is 10.7. The minimum Gasteiger partial charge on any atom is -0.369 e. The van der Waals surface area contributed by atoms with Crippen molar-refractivity contribution in [2.75, 3.05) is 18.0 Å². The molecule has 33 heavy (non-hydrogen) atoms. The van der Waals surface area contributed by atoms with E-state index < -0.39 is 0 Å². The fourth-order valence-corrected chi connectivity index (χ4v) is 5.33. The predicted molar refractivity (Wildman–Crippen MR) is 132 cm³/mol. The van der Waals surface area contributed by atoms with Crippen molar-refractivity contribution < 1.29 is 4.79 Å². The number of nitrogens with one attached hydrogen (secondary N) is 1. The maximum atomic E-state index is 12.5. The summed E-state index contributed by atoms with van der Waals surface area (Å²) in [4.78, 5) is 24.5. The Labute approximate surface area is 194 Å². The molecule has 6 nitrogen and oxygen atoms in total. The third kappa shape index (κ3) is 4.08. The van der Waals surface area contributed by atoms with E-state index in [1.54, 1.807) is 6.20 Å². The molecule has 3 aliphatic rings. The number of nitrogens with two attached hydrogens (primary N) is 1. The molecule has 1 atom stereocenters. The van der Waals surface area contributed by atoms with Gasteiger partial charge in [0.15, 0.2) is 0 Å². The highest BCUT2D eigenvalue weighted by molar-refractivity contribution is 5.98. The van der Waals surface area contributed by atoms with Gasteiger partial charge in [-0.05, 0) is 85.9 Å². The molecule has 2 aromatic heterocycles. The van der Waals surface area contributed by atoms with Gasteiger partial charge in [-0.1, -0.05) is 12.5 Å². The normalized spacial score (nSPS) is 20.5. The molecule has 0 bridgehead atoms. The van der Waals surface area contributed by atoms with Gasteiger partial charge in [0.05, 0.1) is 11.2 Å². The molecular weight excluding hydrogens is 410 g/mol. The zero-order valence-corrected chi connectivity index (χ0v) is 19.0. The third-order valence-electron chi connectivity index (χ3n) is 7.26. The van der Waals surface area contributed by atoms with Gasteiger partial charge in [-0.15, -0.1) is 0 Å². The van der Waals surface area contributed by atoms with E-state index in [9.17, 15) is 4.79 Å². The number of benzene rings is 1. The Hall–Kier alpha value is -2.99. The summed E-state index contributed by atoms with van der Waals surface area (Å²) in [5.74, 6) is -0.0844. The zero-order valence-electron chi connectivity index (χ0n) is 19.0. The van der Waals surface area contributed by atoms with Gasteiger partial charge in [-0.25, -0.2) is 0 Å². The second kappa shape index (κ2) is 8.41. The van der Waals surface area contributed by atoms with Gasteiger partial charge in [0.2, 0.25) is 0 Å². The summed E-state index contributed by atoms with van der Waals surface area (Å²) < 4.78 is 0. The molecule has 170 valence electrons. The van der Waals surface area contributed by atoms with E-state index in [0.717, 1.165) is 61.8 Å². The Morgan fingerprint density at radius 2 is 1.88 bits per heavy atom. The number of anilines is 1. The Bertz CT molecular complexity index is 1220. The van der Waals surface area contributed by atoms with Crippen LogP contribution < -0.4 is 16.0 Å². The number of aromatic nitrogens is 2. The van der Waals surface area contributed by atoms with Crippen LogP contribution in [0.2, 0.25) is 0 Å². The lowest BCUT2D eigenvalue weighted by molar-refractivity contribution is 0.0946. The first-order valence-corrected chi connectivity index (χ1v) is 12.4. The summed E-state index contributed by atoms with van der Waals surface area (Å²) in [5.41, 5.74) is 14.0. The fraction of sp³-hybridized carbons (Fsp3) is 0.444. The van der Waals surface area contributed by atoms with Crippen molar-refractivity contribution in [2.45, 2.75) is 63.5 Å². The van der Waals surface area contributed by atoms with E-state index in [1.807, 2.05) is 12.1 Å². The van der Waals surface area contributed by atoms with Crippen molar-refractivity contribution in [3.63, 3.8) is 0 Å². The van der Waals surface area contributed by atoms with Crippen LogP contribution in [0.15, 0.2) is 36.5 Å². The first kappa shape index (κ1) is 20.6. The van der Waals surface area contributed by atoms with Crippen molar-refractivity contribution in [2.24, 2.45) is 5.73 Å². The van der Waals surface area contributed by atoms with Crippen LogP contribution in [0.5, 0.6) is 0 Å². The molecule has 1 aromatic carbocycles. The van der Waals surface area contributed by atoms with Gasteiger partial charge in [-0.2, -0.15) is 0 Å². The number of rotatable bonds is 4. The lowest BCUT2D eigenvalue weighted by Crippen LogP contribution is -2.27. The summed E-state index contributed by atoms with van der Waals surface area (Å²) in [6, 6.07) is 10.9. The monoisotopic (exact) mass is 441 g/mol. The van der Waals surface area contributed by atoms with Gasteiger partial charge in [0.1, 0.15) is 5.69 Å². The highest BCUT2D eigenvalue weighted by Crippen LogP contribution is 2.38. The lowest BCUT2D eigenvalue weighted by Gasteiger charge is -2.25. The van der Waals surface area contributed by atoms with Gasteiger partial charge in [-0.3, -0.25) is 14.8 Å². The lowest BCUT2D eigenvalue weighted by atomic mass is 9.97. The molecule has 1 aliphatic heterocycles. The molecule has 6 rings (SSSR count). The summed E-state index contributed by atoms with van der Waals surface area (Å²) in [6.45, 7) is 1.90. The third-order valence-corrected chi connectivity index (χ3v) is 7.26. The maximum Gasteiger partial charge on any atom is 0.270 e. The number of carbonyl (C=O) groups is 1. The molecule has 0 unspecified atom stereocenters. The molecule has 3 heterocycles. The molecule has 3 aromatic rings. The topological polar surface area (TPSA) is 84.1 Å². The maximum absolute atomic E-state index is 12.5. The van der Waals surface area contributed by atoms with Crippen LogP contribution in [0.1, 0.15) is 60.3 Å². The number of aryl methyl sites for hydroxylation is 1. The van der Waals surface area contributed by atoms with Crippen LogP contribution in [0, 0.1) is 0 Å². The van der Waals surface area contributed by atoms with Crippen molar-refractivity contribution in [1.29, 1.82) is 0 Å². The Morgan fingerprint density at radius 3 is 2.70 bits per heavy atom. The van der Waals surface area contributed by atoms with Crippen molar-refractivity contribution in [1.82, 2.24) is 15.3 Å². The highest BCUT2D eigenvalue weighted by Gasteiger charge is 2.27. The average molecular weight is 442 g/mol. The minimum atomic E-state index is -0.0844. The highest BCUT2D eigenvalue weighted by atomic mass is 16.2. The van der Waals surface area contributed by atoms with E-state index in [-0.39, 0.29) is 11.9 Å². The van der Waals surface area contributed by atoms with E-state index in [4.69, 9.17) is 10.7 Å². The standard InChI is InChI=1S/C27H31N5O/c28-19-11-13-32(16-19)26-21-4-2-1-3-5-23(21)31-24-9-6-17(14-22(24)26)18-10-12-29-25(15-18)27(33)30-20-7-8-20/h6,9-10,12,14-15,19-20H,1-5,7-8,11,13,16,28H2,(H,30,33)/t19-/m0/s1. The SMILES string of the molecule is N[C@H]1CCN(c2c3c(nc4ccc(-c5ccnc(C(=O)NC6CC6)c5)cc24)CCCCC3)C1. The molecule has 0 radical (unpaired) electrons. The zero-order chi connectivity index (χ0) is 22.4. The van der Waals surface area contributed by atoms with E-state index in [0.29, 0.717) is 11.7 Å². The van der Waals surface area contributed by atoms with Crippen molar-refractivity contribution in [3.8, 4) is 11.1 Å². The number of hydrogen-bond donors (Lipinski definition) is 2. The molecule has 3 N–H and O–H groups in total. The fourth-order valence-electron chi connectivity index (χ4n) is 5.33. The molecule has 1 saturated carbocycles. The first-order chi connectivity index (χ1) is 16.2. The number of pyridine rings is 2. The summed E-state index contributed by atoms with van der Waals surface area (Å²) >= 11 is 0. The minimum absolute atomic E-state index is 0.0844. The Balaban J connectivity index is 1.45. The van der Waals surface area contributed by atoms with E-state index in [2.05, 4.69) is 33.4 Å². The second-order valence-electron chi connectivity index (χ2n) is 9.85. The molecule has 0 spiro atoms. The Kier molecular flexibility index (Phi) is 5.25. The van der Waals surface area contributed by atoms with Gasteiger partial charge in [0.25, 0.3) is 5.91 Å². The van der Waals surface area contributed by atoms with Crippen molar-refractivity contribution in [3.05, 3.63) is 53.5 Å². The van der Waals surface area contributed by atoms with E-state index >= 15 is 0 Å². The quantitative estimate of drug-likeness (QED) is 0.598. The molecule has 6 heteroatoms. The molecule has 1 saturated heterocycles.